The molecule has 3 aromatic rings. The Kier molecular flexibility index (Phi) is 8.35. The molecule has 1 aromatic carbocycles. The van der Waals surface area contributed by atoms with Crippen LogP contribution in [0.5, 0.6) is 0 Å². The van der Waals surface area contributed by atoms with Gasteiger partial charge in [-0.25, -0.2) is 19.7 Å². The molecule has 1 unspecified atom stereocenters. The van der Waals surface area contributed by atoms with Gasteiger partial charge in [0.05, 0.1) is 34.8 Å². The average molecular weight is 490 g/mol. The van der Waals surface area contributed by atoms with E-state index in [0.29, 0.717) is 39.8 Å². The van der Waals surface area contributed by atoms with Crippen molar-refractivity contribution in [3.63, 3.8) is 0 Å². The summed E-state index contributed by atoms with van der Waals surface area (Å²) < 4.78 is 13.7. The number of rotatable bonds is 9. The average Bonchev–Trinajstić information content (AvgIpc) is 2.87. The Morgan fingerprint density at radius 1 is 1.11 bits per heavy atom. The van der Waals surface area contributed by atoms with Crippen molar-refractivity contribution in [1.29, 1.82) is 5.26 Å². The lowest BCUT2D eigenvalue weighted by Crippen LogP contribution is -2.25. The molecule has 11 heteroatoms. The van der Waals surface area contributed by atoms with E-state index in [0.717, 1.165) is 0 Å². The molecule has 1 amide bonds. The molecule has 0 aliphatic carbocycles. The lowest BCUT2D eigenvalue weighted by Gasteiger charge is -2.22. The number of aromatic nitrogens is 2. The molecule has 2 heterocycles. The largest absolute Gasteiger partial charge is 0.353 e. The lowest BCUT2D eigenvalue weighted by molar-refractivity contribution is 0.0365. The normalized spacial score (nSPS) is 11.0. The first kappa shape index (κ1) is 25.2. The molecule has 0 radical (unpaired) electrons. The number of carbonyl (C=O) groups excluding carboxylic acids is 1. The first-order chi connectivity index (χ1) is 16.9. The number of nitrogens with zero attached hydrogens (tertiary/aromatic N) is 4. The number of nitriles is 1. The fourth-order valence-corrected chi connectivity index (χ4v) is 3.37. The van der Waals surface area contributed by atoms with Crippen LogP contribution in [-0.4, -0.2) is 40.0 Å². The Hall–Kier alpha value is -4.45. The van der Waals surface area contributed by atoms with Crippen molar-refractivity contribution >= 4 is 45.6 Å². The Labute approximate surface area is 205 Å². The fourth-order valence-electron chi connectivity index (χ4n) is 2.94. The Balaban J connectivity index is 2.03. The molecule has 0 aliphatic heterocycles. The van der Waals surface area contributed by atoms with Crippen LogP contribution in [0.15, 0.2) is 48.8 Å². The summed E-state index contributed by atoms with van der Waals surface area (Å²) in [5, 5.41) is 15.2. The molecule has 0 saturated heterocycles. The molecule has 10 nitrogen and oxygen atoms in total. The van der Waals surface area contributed by atoms with Crippen LogP contribution in [0.4, 0.5) is 28.7 Å². The van der Waals surface area contributed by atoms with Gasteiger partial charge in [0.1, 0.15) is 28.7 Å². The van der Waals surface area contributed by atoms with Gasteiger partial charge in [0.2, 0.25) is 0 Å². The van der Waals surface area contributed by atoms with E-state index in [9.17, 15) is 9.00 Å². The van der Waals surface area contributed by atoms with Gasteiger partial charge in [0, 0.05) is 37.3 Å². The number of anilines is 5. The van der Waals surface area contributed by atoms with Crippen LogP contribution < -0.4 is 20.4 Å². The third-order valence-corrected chi connectivity index (χ3v) is 5.73. The van der Waals surface area contributed by atoms with Gasteiger partial charge < -0.3 is 10.6 Å². The minimum atomic E-state index is -1.32. The number of benzene rings is 1. The summed E-state index contributed by atoms with van der Waals surface area (Å²) in [6.45, 7) is 2.03. The Morgan fingerprint density at radius 2 is 1.86 bits per heavy atom. The number of hydrogen-bond acceptors (Lipinski definition) is 8. The summed E-state index contributed by atoms with van der Waals surface area (Å²) in [5.74, 6) is 2.93. The van der Waals surface area contributed by atoms with Gasteiger partial charge in [0.25, 0.3) is 5.91 Å². The molecule has 0 fully saturated rings. The molecule has 0 bridgehead atoms. The van der Waals surface area contributed by atoms with Gasteiger partial charge in [-0.2, -0.15) is 5.26 Å². The molecule has 0 spiro atoms. The van der Waals surface area contributed by atoms with E-state index in [-0.39, 0.29) is 12.2 Å². The third kappa shape index (κ3) is 6.32. The van der Waals surface area contributed by atoms with Crippen LogP contribution in [0.1, 0.15) is 28.4 Å². The number of pyridine rings is 2. The fraction of sp³-hybridized carbons (Fsp3) is 0.167. The highest BCUT2D eigenvalue weighted by molar-refractivity contribution is 7.85. The number of nitrogens with one attached hydrogen (secondary N) is 3. The number of terminal acetylenes is 1. The molecule has 35 heavy (non-hydrogen) atoms. The Morgan fingerprint density at radius 3 is 2.49 bits per heavy atom. The van der Waals surface area contributed by atoms with Gasteiger partial charge in [-0.15, -0.1) is 6.42 Å². The van der Waals surface area contributed by atoms with E-state index in [4.69, 9.17) is 16.5 Å². The molecule has 3 N–H and O–H groups in total. The smallest absolute Gasteiger partial charge is 0.278 e. The molecule has 178 valence electrons. The van der Waals surface area contributed by atoms with E-state index < -0.39 is 16.9 Å². The molecule has 2 aromatic heterocycles. The number of carbonyl (C=O) groups is 1. The van der Waals surface area contributed by atoms with E-state index in [1.165, 1.54) is 12.4 Å². The van der Waals surface area contributed by atoms with Gasteiger partial charge >= 0.3 is 0 Å². The SMILES string of the molecule is C#Cc1ccc(Nc2cc(Nc3ccc(C#N)cn3)ncc2C(=O)NOCC)c(N(C)S(C)=O)c1. The molecule has 0 aliphatic rings. The maximum Gasteiger partial charge on any atom is 0.278 e. The molecular weight excluding hydrogens is 466 g/mol. The van der Waals surface area contributed by atoms with Gasteiger partial charge in [0.15, 0.2) is 0 Å². The summed E-state index contributed by atoms with van der Waals surface area (Å²) in [4.78, 5) is 26.2. The minimum Gasteiger partial charge on any atom is -0.353 e. The second-order valence-electron chi connectivity index (χ2n) is 7.07. The van der Waals surface area contributed by atoms with Crippen LogP contribution in [-0.2, 0) is 15.8 Å². The van der Waals surface area contributed by atoms with Crippen molar-refractivity contribution in [2.75, 3.05) is 34.8 Å². The van der Waals surface area contributed by atoms with Crippen LogP contribution >= 0.6 is 0 Å². The van der Waals surface area contributed by atoms with Crippen LogP contribution in [0.2, 0.25) is 0 Å². The van der Waals surface area contributed by atoms with Crippen LogP contribution in [0, 0.1) is 23.7 Å². The second kappa shape index (κ2) is 11.6. The minimum absolute atomic E-state index is 0.212. The van der Waals surface area contributed by atoms with Crippen molar-refractivity contribution in [3.05, 3.63) is 65.5 Å². The summed E-state index contributed by atoms with van der Waals surface area (Å²) >= 11 is 0. The summed E-state index contributed by atoms with van der Waals surface area (Å²) in [6.07, 6.45) is 9.92. The maximum atomic E-state index is 12.7. The Bertz CT molecular complexity index is 1330. The summed E-state index contributed by atoms with van der Waals surface area (Å²) in [7, 11) is 0.354. The predicted octanol–water partition coefficient (Wildman–Crippen LogP) is 3.23. The summed E-state index contributed by atoms with van der Waals surface area (Å²) in [5.41, 5.74) is 5.16. The monoisotopic (exact) mass is 489 g/mol. The van der Waals surface area contributed by atoms with E-state index in [2.05, 4.69) is 32.0 Å². The van der Waals surface area contributed by atoms with Gasteiger partial charge in [-0.1, -0.05) is 5.92 Å². The highest BCUT2D eigenvalue weighted by Crippen LogP contribution is 2.32. The van der Waals surface area contributed by atoms with Crippen molar-refractivity contribution in [2.24, 2.45) is 0 Å². The van der Waals surface area contributed by atoms with Gasteiger partial charge in [-0.05, 0) is 37.3 Å². The number of hydrogen-bond donors (Lipinski definition) is 3. The second-order valence-corrected chi connectivity index (χ2v) is 8.47. The highest BCUT2D eigenvalue weighted by Gasteiger charge is 2.17. The van der Waals surface area contributed by atoms with E-state index >= 15 is 0 Å². The molecule has 3 rings (SSSR count). The van der Waals surface area contributed by atoms with Crippen molar-refractivity contribution in [2.45, 2.75) is 6.92 Å². The lowest BCUT2D eigenvalue weighted by atomic mass is 10.1. The maximum absolute atomic E-state index is 12.7. The quantitative estimate of drug-likeness (QED) is 0.308. The van der Waals surface area contributed by atoms with Crippen LogP contribution in [0.3, 0.4) is 0 Å². The third-order valence-electron chi connectivity index (χ3n) is 4.77. The highest BCUT2D eigenvalue weighted by atomic mass is 32.2. The standard InChI is InChI=1S/C24H23N7O3S/c1-5-16-7-9-19(21(11-16)31(3)35(4)33)28-20-12-23(27-15-18(20)24(32)30-34-6-2)29-22-10-8-17(13-25)14-26-22/h1,7-12,14-15H,6H2,2-4H3,(H,30,32)(H2,26,27,28,29). The van der Waals surface area contributed by atoms with Crippen molar-refractivity contribution in [3.8, 4) is 18.4 Å². The molecule has 1 atom stereocenters. The zero-order valence-electron chi connectivity index (χ0n) is 19.3. The van der Waals surface area contributed by atoms with E-state index in [1.807, 2.05) is 6.07 Å². The zero-order chi connectivity index (χ0) is 25.4. The topological polar surface area (TPSA) is 132 Å². The van der Waals surface area contributed by atoms with E-state index in [1.54, 1.807) is 60.9 Å². The predicted molar refractivity (Wildman–Crippen MR) is 136 cm³/mol. The zero-order valence-corrected chi connectivity index (χ0v) is 20.1. The molecule has 0 saturated carbocycles. The van der Waals surface area contributed by atoms with Crippen LogP contribution in [0.25, 0.3) is 0 Å². The van der Waals surface area contributed by atoms with Crippen molar-refractivity contribution in [1.82, 2.24) is 15.4 Å². The number of amides is 1. The molecular formula is C24H23N7O3S. The number of hydroxylamine groups is 1. The first-order valence-electron chi connectivity index (χ1n) is 10.4. The van der Waals surface area contributed by atoms with Gasteiger partial charge in [-0.3, -0.25) is 13.9 Å². The summed E-state index contributed by atoms with van der Waals surface area (Å²) in [6, 6.07) is 12.1. The first-order valence-corrected chi connectivity index (χ1v) is 11.9. The van der Waals surface area contributed by atoms with Crippen molar-refractivity contribution < 1.29 is 13.8 Å².